The van der Waals surface area contributed by atoms with Crippen molar-refractivity contribution in [2.24, 2.45) is 0 Å². The quantitative estimate of drug-likeness (QED) is 0.660. The molecule has 1 N–H and O–H groups in total. The van der Waals surface area contributed by atoms with E-state index in [1.165, 1.54) is 19.2 Å². The summed E-state index contributed by atoms with van der Waals surface area (Å²) in [4.78, 5) is 24.5. The highest BCUT2D eigenvalue weighted by atomic mass is 16.6. The summed E-state index contributed by atoms with van der Waals surface area (Å²) in [5.41, 5.74) is 0.119. The SMILES string of the molecule is COc1ccc(C(=O)N2CCN[C@H](C)C2)cc1[N+](=O)[O-]. The summed E-state index contributed by atoms with van der Waals surface area (Å²) in [6, 6.07) is 4.51. The van der Waals surface area contributed by atoms with Crippen molar-refractivity contribution in [2.75, 3.05) is 26.7 Å². The van der Waals surface area contributed by atoms with Crippen LogP contribution in [0.25, 0.3) is 0 Å². The Kier molecular flexibility index (Phi) is 4.19. The molecule has 1 fully saturated rings. The third kappa shape index (κ3) is 2.88. The molecule has 20 heavy (non-hydrogen) atoms. The van der Waals surface area contributed by atoms with E-state index in [0.717, 1.165) is 6.54 Å². The monoisotopic (exact) mass is 279 g/mol. The number of carbonyl (C=O) groups is 1. The lowest BCUT2D eigenvalue weighted by Crippen LogP contribution is -2.51. The summed E-state index contributed by atoms with van der Waals surface area (Å²) in [5.74, 6) is -0.0377. The fraction of sp³-hybridized carbons (Fsp3) is 0.462. The van der Waals surface area contributed by atoms with Gasteiger partial charge in [0.25, 0.3) is 5.91 Å². The van der Waals surface area contributed by atoms with Crippen LogP contribution >= 0.6 is 0 Å². The summed E-state index contributed by atoms with van der Waals surface area (Å²) < 4.78 is 4.93. The molecule has 0 spiro atoms. The largest absolute Gasteiger partial charge is 0.490 e. The third-order valence-electron chi connectivity index (χ3n) is 3.28. The second-order valence-electron chi connectivity index (χ2n) is 4.75. The standard InChI is InChI=1S/C13H17N3O4/c1-9-8-15(6-5-14-9)13(17)10-3-4-12(20-2)11(7-10)16(18)19/h3-4,7,9,14H,5-6,8H2,1-2H3/t9-/m1/s1. The predicted molar refractivity (Wildman–Crippen MR) is 73.0 cm³/mol. The average molecular weight is 279 g/mol. The number of benzene rings is 1. The van der Waals surface area contributed by atoms with E-state index in [1.54, 1.807) is 11.0 Å². The van der Waals surface area contributed by atoms with Crippen LogP contribution in [0.5, 0.6) is 5.75 Å². The van der Waals surface area contributed by atoms with E-state index in [4.69, 9.17) is 4.74 Å². The van der Waals surface area contributed by atoms with Gasteiger partial charge in [-0.3, -0.25) is 14.9 Å². The fourth-order valence-corrected chi connectivity index (χ4v) is 2.27. The summed E-state index contributed by atoms with van der Waals surface area (Å²) >= 11 is 0. The molecular formula is C13H17N3O4. The predicted octanol–water partition coefficient (Wildman–Crippen LogP) is 1.04. The van der Waals surface area contributed by atoms with Crippen molar-refractivity contribution in [1.82, 2.24) is 10.2 Å². The second kappa shape index (κ2) is 5.87. The van der Waals surface area contributed by atoms with Gasteiger partial charge in [0.1, 0.15) is 0 Å². The first-order valence-electron chi connectivity index (χ1n) is 6.38. The van der Waals surface area contributed by atoms with Gasteiger partial charge in [-0.15, -0.1) is 0 Å². The normalized spacial score (nSPS) is 18.7. The molecule has 0 unspecified atom stereocenters. The van der Waals surface area contributed by atoms with Crippen molar-refractivity contribution in [2.45, 2.75) is 13.0 Å². The zero-order valence-electron chi connectivity index (χ0n) is 11.5. The average Bonchev–Trinajstić information content (AvgIpc) is 2.45. The molecule has 7 nitrogen and oxygen atoms in total. The topological polar surface area (TPSA) is 84.7 Å². The summed E-state index contributed by atoms with van der Waals surface area (Å²) in [7, 11) is 1.36. The molecule has 1 aliphatic rings. The van der Waals surface area contributed by atoms with E-state index in [9.17, 15) is 14.9 Å². The Morgan fingerprint density at radius 3 is 2.90 bits per heavy atom. The number of methoxy groups -OCH3 is 1. The first kappa shape index (κ1) is 14.3. The summed E-state index contributed by atoms with van der Waals surface area (Å²) in [6.07, 6.45) is 0. The number of nitrogens with zero attached hydrogens (tertiary/aromatic N) is 2. The van der Waals surface area contributed by atoms with Gasteiger partial charge < -0.3 is 15.0 Å². The van der Waals surface area contributed by atoms with Gasteiger partial charge in [0.05, 0.1) is 12.0 Å². The number of carbonyl (C=O) groups excluding carboxylic acids is 1. The van der Waals surface area contributed by atoms with E-state index in [-0.39, 0.29) is 23.4 Å². The van der Waals surface area contributed by atoms with Crippen LogP contribution in [-0.4, -0.2) is 48.5 Å². The molecule has 0 radical (unpaired) electrons. The number of piperazine rings is 1. The molecule has 0 saturated carbocycles. The van der Waals surface area contributed by atoms with Crippen LogP contribution in [0.2, 0.25) is 0 Å². The van der Waals surface area contributed by atoms with E-state index in [1.807, 2.05) is 6.92 Å². The van der Waals surface area contributed by atoms with Crippen LogP contribution in [0.15, 0.2) is 18.2 Å². The molecule has 1 amide bonds. The van der Waals surface area contributed by atoms with Gasteiger partial charge in [0, 0.05) is 37.3 Å². The first-order chi connectivity index (χ1) is 9.52. The van der Waals surface area contributed by atoms with Crippen molar-refractivity contribution >= 4 is 11.6 Å². The number of hydrogen-bond acceptors (Lipinski definition) is 5. The molecule has 0 bridgehead atoms. The van der Waals surface area contributed by atoms with Gasteiger partial charge in [-0.1, -0.05) is 0 Å². The lowest BCUT2D eigenvalue weighted by molar-refractivity contribution is -0.385. The number of ether oxygens (including phenoxy) is 1. The summed E-state index contributed by atoms with van der Waals surface area (Å²) in [6.45, 7) is 3.92. The van der Waals surface area contributed by atoms with Crippen molar-refractivity contribution in [3.8, 4) is 5.75 Å². The number of amides is 1. The Hall–Kier alpha value is -2.15. The molecule has 0 aromatic heterocycles. The number of nitro groups is 1. The molecule has 108 valence electrons. The van der Waals surface area contributed by atoms with Crippen LogP contribution in [0.3, 0.4) is 0 Å². The summed E-state index contributed by atoms with van der Waals surface area (Å²) in [5, 5.41) is 14.2. The van der Waals surface area contributed by atoms with E-state index in [2.05, 4.69) is 5.32 Å². The maximum absolute atomic E-state index is 12.4. The Bertz CT molecular complexity index is 532. The van der Waals surface area contributed by atoms with E-state index < -0.39 is 4.92 Å². The number of nitro benzene ring substituents is 1. The number of hydrogen-bond donors (Lipinski definition) is 1. The third-order valence-corrected chi connectivity index (χ3v) is 3.28. The van der Waals surface area contributed by atoms with Crippen molar-refractivity contribution in [1.29, 1.82) is 0 Å². The molecular weight excluding hydrogens is 262 g/mol. The molecule has 1 atom stereocenters. The highest BCUT2D eigenvalue weighted by molar-refractivity contribution is 5.95. The lowest BCUT2D eigenvalue weighted by Gasteiger charge is -2.31. The van der Waals surface area contributed by atoms with Gasteiger partial charge >= 0.3 is 5.69 Å². The zero-order chi connectivity index (χ0) is 14.7. The fourth-order valence-electron chi connectivity index (χ4n) is 2.27. The van der Waals surface area contributed by atoms with Gasteiger partial charge in [-0.2, -0.15) is 0 Å². The Morgan fingerprint density at radius 2 is 2.30 bits per heavy atom. The smallest absolute Gasteiger partial charge is 0.311 e. The lowest BCUT2D eigenvalue weighted by atomic mass is 10.1. The van der Waals surface area contributed by atoms with Gasteiger partial charge in [0.2, 0.25) is 0 Å². The Labute approximate surface area is 116 Å². The minimum Gasteiger partial charge on any atom is -0.490 e. The molecule has 0 aliphatic carbocycles. The van der Waals surface area contributed by atoms with Crippen molar-refractivity contribution < 1.29 is 14.5 Å². The highest BCUT2D eigenvalue weighted by Gasteiger charge is 2.24. The van der Waals surface area contributed by atoms with Crippen LogP contribution in [0.4, 0.5) is 5.69 Å². The van der Waals surface area contributed by atoms with Crippen LogP contribution in [0, 0.1) is 10.1 Å². The maximum Gasteiger partial charge on any atom is 0.311 e. The maximum atomic E-state index is 12.4. The molecule has 7 heteroatoms. The zero-order valence-corrected chi connectivity index (χ0v) is 11.5. The van der Waals surface area contributed by atoms with Gasteiger partial charge in [-0.05, 0) is 19.1 Å². The highest BCUT2D eigenvalue weighted by Crippen LogP contribution is 2.28. The molecule has 1 aromatic rings. The van der Waals surface area contributed by atoms with Crippen LogP contribution < -0.4 is 10.1 Å². The van der Waals surface area contributed by atoms with Crippen molar-refractivity contribution in [3.05, 3.63) is 33.9 Å². The number of rotatable bonds is 3. The minimum atomic E-state index is -0.546. The Balaban J connectivity index is 2.26. The van der Waals surface area contributed by atoms with Gasteiger partial charge in [0.15, 0.2) is 5.75 Å². The molecule has 1 saturated heterocycles. The first-order valence-corrected chi connectivity index (χ1v) is 6.38. The minimum absolute atomic E-state index is 0.153. The van der Waals surface area contributed by atoms with E-state index >= 15 is 0 Å². The van der Waals surface area contributed by atoms with Gasteiger partial charge in [-0.25, -0.2) is 0 Å². The van der Waals surface area contributed by atoms with E-state index in [0.29, 0.717) is 18.7 Å². The van der Waals surface area contributed by atoms with Crippen LogP contribution in [0.1, 0.15) is 17.3 Å². The number of nitrogens with one attached hydrogen (secondary N) is 1. The Morgan fingerprint density at radius 1 is 1.55 bits per heavy atom. The molecule has 1 aromatic carbocycles. The molecule has 1 heterocycles. The second-order valence-corrected chi connectivity index (χ2v) is 4.75. The van der Waals surface area contributed by atoms with Crippen molar-refractivity contribution in [3.63, 3.8) is 0 Å². The van der Waals surface area contributed by atoms with Crippen LogP contribution in [-0.2, 0) is 0 Å². The molecule has 2 rings (SSSR count). The molecule has 1 aliphatic heterocycles.